The van der Waals surface area contributed by atoms with Crippen LogP contribution in [0, 0.1) is 0 Å². The van der Waals surface area contributed by atoms with Gasteiger partial charge in [0.15, 0.2) is 0 Å². The number of hydrogen-bond donors (Lipinski definition) is 1. The third-order valence-electron chi connectivity index (χ3n) is 2.23. The van der Waals surface area contributed by atoms with Crippen LogP contribution in [0.2, 0.25) is 0 Å². The number of thiophene rings is 1. The summed E-state index contributed by atoms with van der Waals surface area (Å²) in [5, 5.41) is 5.42. The van der Waals surface area contributed by atoms with Crippen molar-refractivity contribution < 1.29 is 0 Å². The average Bonchev–Trinajstić information content (AvgIpc) is 2.75. The van der Waals surface area contributed by atoms with Gasteiger partial charge in [-0.2, -0.15) is 0 Å². The topological polar surface area (TPSA) is 37.8 Å². The number of hydrogen-bond acceptors (Lipinski definition) is 4. The van der Waals surface area contributed by atoms with Crippen molar-refractivity contribution in [2.75, 3.05) is 5.32 Å². The number of rotatable bonds is 4. The maximum Gasteiger partial charge on any atom is 0.129 e. The van der Waals surface area contributed by atoms with Crippen molar-refractivity contribution in [3.8, 4) is 0 Å². The van der Waals surface area contributed by atoms with Gasteiger partial charge in [-0.1, -0.05) is 6.92 Å². The molecule has 1 N–H and O–H groups in total. The van der Waals surface area contributed by atoms with E-state index in [1.807, 2.05) is 6.07 Å². The van der Waals surface area contributed by atoms with E-state index >= 15 is 0 Å². The summed E-state index contributed by atoms with van der Waals surface area (Å²) in [5.41, 5.74) is 1.42. The highest BCUT2D eigenvalue weighted by molar-refractivity contribution is 7.10. The Morgan fingerprint density at radius 3 is 3.07 bits per heavy atom. The van der Waals surface area contributed by atoms with E-state index < -0.39 is 0 Å². The number of aromatic nitrogens is 2. The molecule has 15 heavy (non-hydrogen) atoms. The molecule has 0 aliphatic rings. The van der Waals surface area contributed by atoms with Gasteiger partial charge in [-0.05, 0) is 29.5 Å². The fourth-order valence-corrected chi connectivity index (χ4v) is 2.32. The molecule has 0 saturated carbocycles. The van der Waals surface area contributed by atoms with E-state index in [9.17, 15) is 0 Å². The van der Waals surface area contributed by atoms with Crippen molar-refractivity contribution in [1.82, 2.24) is 9.97 Å². The highest BCUT2D eigenvalue weighted by Gasteiger charge is 2.01. The van der Waals surface area contributed by atoms with Gasteiger partial charge in [0.2, 0.25) is 0 Å². The van der Waals surface area contributed by atoms with Crippen molar-refractivity contribution in [3.05, 3.63) is 40.5 Å². The van der Waals surface area contributed by atoms with Crippen molar-refractivity contribution in [1.29, 1.82) is 0 Å². The fourth-order valence-electron chi connectivity index (χ4n) is 1.40. The van der Waals surface area contributed by atoms with Crippen molar-refractivity contribution >= 4 is 17.2 Å². The summed E-state index contributed by atoms with van der Waals surface area (Å²) >= 11 is 1.79. The first-order valence-corrected chi connectivity index (χ1v) is 5.83. The van der Waals surface area contributed by atoms with Crippen molar-refractivity contribution in [3.63, 3.8) is 0 Å². The molecule has 0 spiro atoms. The molecular weight excluding hydrogens is 206 g/mol. The molecule has 0 fully saturated rings. The van der Waals surface area contributed by atoms with Crippen LogP contribution in [0.5, 0.6) is 0 Å². The zero-order valence-corrected chi connectivity index (χ0v) is 9.42. The molecule has 0 aliphatic heterocycles. The van der Waals surface area contributed by atoms with Gasteiger partial charge in [-0.3, -0.25) is 0 Å². The standard InChI is InChI=1S/C11H13N3S/c1-2-9-4-6-15-10(9)7-13-11-3-5-12-8-14-11/h3-6,8H,2,7H2,1H3,(H,12,13,14). The van der Waals surface area contributed by atoms with Gasteiger partial charge >= 0.3 is 0 Å². The number of aryl methyl sites for hydroxylation is 1. The fraction of sp³-hybridized carbons (Fsp3) is 0.273. The average molecular weight is 219 g/mol. The number of nitrogens with one attached hydrogen (secondary N) is 1. The second-order valence-corrected chi connectivity index (χ2v) is 4.17. The first-order chi connectivity index (χ1) is 7.40. The minimum absolute atomic E-state index is 0.845. The quantitative estimate of drug-likeness (QED) is 0.859. The monoisotopic (exact) mass is 219 g/mol. The third-order valence-corrected chi connectivity index (χ3v) is 3.19. The molecule has 0 unspecified atom stereocenters. The first-order valence-electron chi connectivity index (χ1n) is 4.95. The molecule has 0 radical (unpaired) electrons. The summed E-state index contributed by atoms with van der Waals surface area (Å²) in [7, 11) is 0. The Bertz CT molecular complexity index is 411. The molecule has 2 aromatic heterocycles. The zero-order chi connectivity index (χ0) is 10.5. The third kappa shape index (κ3) is 2.53. The van der Waals surface area contributed by atoms with E-state index in [-0.39, 0.29) is 0 Å². The number of anilines is 1. The molecule has 0 aliphatic carbocycles. The van der Waals surface area contributed by atoms with E-state index in [1.54, 1.807) is 23.9 Å². The molecule has 2 aromatic rings. The maximum atomic E-state index is 4.12. The summed E-state index contributed by atoms with van der Waals surface area (Å²) in [4.78, 5) is 9.38. The first kappa shape index (κ1) is 10.1. The predicted octanol–water partition coefficient (Wildman–Crippen LogP) is 2.71. The molecule has 0 bridgehead atoms. The predicted molar refractivity (Wildman–Crippen MR) is 63.1 cm³/mol. The molecule has 0 saturated heterocycles. The molecule has 0 aromatic carbocycles. The van der Waals surface area contributed by atoms with E-state index in [2.05, 4.69) is 33.7 Å². The lowest BCUT2D eigenvalue weighted by atomic mass is 10.2. The minimum Gasteiger partial charge on any atom is -0.365 e. The molecule has 2 rings (SSSR count). The Kier molecular flexibility index (Phi) is 3.29. The maximum absolute atomic E-state index is 4.12. The van der Waals surface area contributed by atoms with Gasteiger partial charge in [0, 0.05) is 11.1 Å². The summed E-state index contributed by atoms with van der Waals surface area (Å²) in [6, 6.07) is 4.06. The summed E-state index contributed by atoms with van der Waals surface area (Å²) in [6.45, 7) is 3.02. The van der Waals surface area contributed by atoms with Crippen LogP contribution in [0.3, 0.4) is 0 Å². The van der Waals surface area contributed by atoms with Crippen LogP contribution in [0.25, 0.3) is 0 Å². The normalized spacial score (nSPS) is 10.2. The Labute approximate surface area is 93.2 Å². The highest BCUT2D eigenvalue weighted by Crippen LogP contribution is 2.18. The Morgan fingerprint density at radius 1 is 1.40 bits per heavy atom. The molecule has 0 amide bonds. The SMILES string of the molecule is CCc1ccsc1CNc1ccncn1. The highest BCUT2D eigenvalue weighted by atomic mass is 32.1. The molecule has 0 atom stereocenters. The van der Waals surface area contributed by atoms with Crippen LogP contribution < -0.4 is 5.32 Å². The lowest BCUT2D eigenvalue weighted by Gasteiger charge is -2.04. The van der Waals surface area contributed by atoms with Crippen LogP contribution in [0.4, 0.5) is 5.82 Å². The van der Waals surface area contributed by atoms with Crippen LogP contribution in [-0.4, -0.2) is 9.97 Å². The minimum atomic E-state index is 0.845. The molecular formula is C11H13N3S. The van der Waals surface area contributed by atoms with Crippen LogP contribution in [0.15, 0.2) is 30.0 Å². The Balaban J connectivity index is 1.99. The summed E-state index contributed by atoms with van der Waals surface area (Å²) in [6.07, 6.45) is 4.38. The molecule has 3 nitrogen and oxygen atoms in total. The molecule has 78 valence electrons. The van der Waals surface area contributed by atoms with Gasteiger partial charge in [-0.15, -0.1) is 11.3 Å². The van der Waals surface area contributed by atoms with E-state index in [4.69, 9.17) is 0 Å². The lowest BCUT2D eigenvalue weighted by molar-refractivity contribution is 1.05. The summed E-state index contributed by atoms with van der Waals surface area (Å²) in [5.74, 6) is 0.875. The summed E-state index contributed by atoms with van der Waals surface area (Å²) < 4.78 is 0. The van der Waals surface area contributed by atoms with E-state index in [0.717, 1.165) is 18.8 Å². The second-order valence-electron chi connectivity index (χ2n) is 3.17. The molecule has 2 heterocycles. The largest absolute Gasteiger partial charge is 0.365 e. The van der Waals surface area contributed by atoms with Gasteiger partial charge < -0.3 is 5.32 Å². The van der Waals surface area contributed by atoms with Crippen LogP contribution in [-0.2, 0) is 13.0 Å². The lowest BCUT2D eigenvalue weighted by Crippen LogP contribution is -2.01. The van der Waals surface area contributed by atoms with Crippen LogP contribution in [0.1, 0.15) is 17.4 Å². The zero-order valence-electron chi connectivity index (χ0n) is 8.60. The van der Waals surface area contributed by atoms with Gasteiger partial charge in [0.1, 0.15) is 12.1 Å². The Morgan fingerprint density at radius 2 is 2.33 bits per heavy atom. The van der Waals surface area contributed by atoms with Crippen molar-refractivity contribution in [2.45, 2.75) is 19.9 Å². The number of nitrogens with zero attached hydrogens (tertiary/aromatic N) is 2. The van der Waals surface area contributed by atoms with E-state index in [0.29, 0.717) is 0 Å². The van der Waals surface area contributed by atoms with Crippen molar-refractivity contribution in [2.24, 2.45) is 0 Å². The molecule has 4 heteroatoms. The smallest absolute Gasteiger partial charge is 0.129 e. The van der Waals surface area contributed by atoms with Crippen LogP contribution >= 0.6 is 11.3 Å². The van der Waals surface area contributed by atoms with E-state index in [1.165, 1.54) is 10.4 Å². The second kappa shape index (κ2) is 4.89. The van der Waals surface area contributed by atoms with Gasteiger partial charge in [0.25, 0.3) is 0 Å². The van der Waals surface area contributed by atoms with Gasteiger partial charge in [0.05, 0.1) is 6.54 Å². The Hall–Kier alpha value is -1.42. The van der Waals surface area contributed by atoms with Gasteiger partial charge in [-0.25, -0.2) is 9.97 Å².